The summed E-state index contributed by atoms with van der Waals surface area (Å²) in [6.07, 6.45) is 0. The molecule has 2 amide bonds. The van der Waals surface area contributed by atoms with Crippen molar-refractivity contribution in [3.63, 3.8) is 0 Å². The Hall–Kier alpha value is -2.16. The van der Waals surface area contributed by atoms with Gasteiger partial charge in [0, 0.05) is 17.1 Å². The van der Waals surface area contributed by atoms with Crippen LogP contribution in [0, 0.1) is 0 Å². The first kappa shape index (κ1) is 18.2. The number of amides is 2. The lowest BCUT2D eigenvalue weighted by Gasteiger charge is -2.15. The van der Waals surface area contributed by atoms with Crippen LogP contribution in [0.4, 0.5) is 11.4 Å². The van der Waals surface area contributed by atoms with Crippen LogP contribution in [0.1, 0.15) is 5.56 Å². The van der Waals surface area contributed by atoms with Gasteiger partial charge in [-0.05, 0) is 42.5 Å². The van der Waals surface area contributed by atoms with Crippen LogP contribution < -0.4 is 14.5 Å². The maximum Gasteiger partial charge on any atom is 0.271 e. The molecule has 0 radical (unpaired) electrons. The molecule has 27 heavy (non-hydrogen) atoms. The van der Waals surface area contributed by atoms with Crippen LogP contribution in [-0.4, -0.2) is 30.3 Å². The maximum atomic E-state index is 13.2. The number of thioether (sulfide) groups is 1. The van der Waals surface area contributed by atoms with Crippen molar-refractivity contribution >= 4 is 73.0 Å². The van der Waals surface area contributed by atoms with Crippen molar-refractivity contribution in [3.8, 4) is 5.75 Å². The van der Waals surface area contributed by atoms with E-state index in [2.05, 4.69) is 15.9 Å². The molecule has 5 nitrogen and oxygen atoms in total. The first-order valence-corrected chi connectivity index (χ1v) is 9.96. The number of hydrogen-bond donors (Lipinski definition) is 0. The zero-order valence-electron chi connectivity index (χ0n) is 14.4. The van der Waals surface area contributed by atoms with E-state index in [4.69, 9.17) is 17.0 Å². The minimum atomic E-state index is -0.292. The predicted octanol–water partition coefficient (Wildman–Crippen LogP) is 4.21. The zero-order chi connectivity index (χ0) is 19.3. The molecule has 8 heteroatoms. The number of hydrogen-bond acceptors (Lipinski definition) is 5. The molecule has 2 aliphatic heterocycles. The van der Waals surface area contributed by atoms with Gasteiger partial charge >= 0.3 is 0 Å². The lowest BCUT2D eigenvalue weighted by Crippen LogP contribution is -2.28. The van der Waals surface area contributed by atoms with Crippen LogP contribution in [0.2, 0.25) is 0 Å². The van der Waals surface area contributed by atoms with E-state index in [0.29, 0.717) is 26.2 Å². The van der Waals surface area contributed by atoms with Crippen LogP contribution in [0.15, 0.2) is 51.8 Å². The number of nitrogens with zero attached hydrogens (tertiary/aromatic N) is 2. The fraction of sp³-hybridized carbons (Fsp3) is 0.105. The fourth-order valence-electron chi connectivity index (χ4n) is 3.09. The molecule has 0 aromatic heterocycles. The Bertz CT molecular complexity index is 1030. The molecule has 1 saturated heterocycles. The molecule has 0 atom stereocenters. The number of fused-ring (bicyclic) bond motifs is 1. The van der Waals surface area contributed by atoms with Gasteiger partial charge in [-0.2, -0.15) is 0 Å². The van der Waals surface area contributed by atoms with Gasteiger partial charge in [0.2, 0.25) is 0 Å². The minimum Gasteiger partial charge on any atom is -0.497 e. The van der Waals surface area contributed by atoms with E-state index in [0.717, 1.165) is 27.5 Å². The van der Waals surface area contributed by atoms with Crippen molar-refractivity contribution in [1.82, 2.24) is 0 Å². The SMILES string of the molecule is COc1ccc(N2C(=O)/C(=C3/C(=O)N(C)c4ccc(Br)cc43)SC2=S)cc1. The monoisotopic (exact) mass is 460 g/mol. The molecular weight excluding hydrogens is 448 g/mol. The second kappa shape index (κ2) is 6.78. The average Bonchev–Trinajstić information content (AvgIpc) is 3.08. The number of anilines is 2. The maximum absolute atomic E-state index is 13.2. The second-order valence-corrected chi connectivity index (χ2v) is 8.50. The van der Waals surface area contributed by atoms with Gasteiger partial charge in [0.25, 0.3) is 11.8 Å². The first-order valence-electron chi connectivity index (χ1n) is 7.95. The van der Waals surface area contributed by atoms with Gasteiger partial charge in [-0.1, -0.05) is 39.9 Å². The molecule has 4 rings (SSSR count). The topological polar surface area (TPSA) is 49.9 Å². The molecule has 1 fully saturated rings. The Morgan fingerprint density at radius 1 is 1.07 bits per heavy atom. The van der Waals surface area contributed by atoms with Crippen LogP contribution in [0.5, 0.6) is 5.75 Å². The zero-order valence-corrected chi connectivity index (χ0v) is 17.6. The largest absolute Gasteiger partial charge is 0.497 e. The van der Waals surface area contributed by atoms with Crippen molar-refractivity contribution in [1.29, 1.82) is 0 Å². The Morgan fingerprint density at radius 3 is 2.44 bits per heavy atom. The summed E-state index contributed by atoms with van der Waals surface area (Å²) in [4.78, 5) is 29.4. The molecule has 0 spiro atoms. The molecule has 2 aromatic rings. The highest BCUT2D eigenvalue weighted by molar-refractivity contribution is 9.10. The molecule has 136 valence electrons. The summed E-state index contributed by atoms with van der Waals surface area (Å²) in [5.41, 5.74) is 2.53. The van der Waals surface area contributed by atoms with Crippen LogP contribution in [-0.2, 0) is 9.59 Å². The lowest BCUT2D eigenvalue weighted by molar-refractivity contribution is -0.115. The average molecular weight is 461 g/mol. The summed E-state index contributed by atoms with van der Waals surface area (Å²) < 4.78 is 6.39. The van der Waals surface area contributed by atoms with Crippen LogP contribution in [0.25, 0.3) is 5.57 Å². The third kappa shape index (κ3) is 2.88. The number of likely N-dealkylation sites (N-methyl/N-ethyl adjacent to an activating group) is 1. The number of benzene rings is 2. The molecule has 0 aliphatic carbocycles. The fourth-order valence-corrected chi connectivity index (χ4v) is 4.82. The third-order valence-corrected chi connectivity index (χ3v) is 6.30. The van der Waals surface area contributed by atoms with Gasteiger partial charge in [-0.15, -0.1) is 0 Å². The molecule has 0 bridgehead atoms. The summed E-state index contributed by atoms with van der Waals surface area (Å²) in [6.45, 7) is 0. The molecule has 2 aromatic carbocycles. The van der Waals surface area contributed by atoms with E-state index in [-0.39, 0.29) is 11.8 Å². The summed E-state index contributed by atoms with van der Waals surface area (Å²) in [7, 11) is 3.28. The number of carbonyl (C=O) groups is 2. The van der Waals surface area contributed by atoms with Gasteiger partial charge < -0.3 is 9.64 Å². The Morgan fingerprint density at radius 2 is 1.78 bits per heavy atom. The minimum absolute atomic E-state index is 0.210. The highest BCUT2D eigenvalue weighted by atomic mass is 79.9. The highest BCUT2D eigenvalue weighted by Crippen LogP contribution is 2.45. The van der Waals surface area contributed by atoms with Gasteiger partial charge in [0.1, 0.15) is 5.75 Å². The lowest BCUT2D eigenvalue weighted by atomic mass is 10.1. The van der Waals surface area contributed by atoms with Crippen molar-refractivity contribution in [2.24, 2.45) is 0 Å². The molecule has 0 unspecified atom stereocenters. The number of ether oxygens (including phenoxy) is 1. The molecule has 2 heterocycles. The number of methoxy groups -OCH3 is 1. The number of rotatable bonds is 2. The highest BCUT2D eigenvalue weighted by Gasteiger charge is 2.41. The normalized spacial score (nSPS) is 19.1. The smallest absolute Gasteiger partial charge is 0.271 e. The second-order valence-electron chi connectivity index (χ2n) is 5.94. The van der Waals surface area contributed by atoms with Crippen molar-refractivity contribution < 1.29 is 14.3 Å². The van der Waals surface area contributed by atoms with E-state index in [1.165, 1.54) is 4.90 Å². The van der Waals surface area contributed by atoms with E-state index in [1.807, 2.05) is 18.2 Å². The van der Waals surface area contributed by atoms with E-state index < -0.39 is 0 Å². The van der Waals surface area contributed by atoms with Gasteiger partial charge in [0.15, 0.2) is 4.32 Å². The van der Waals surface area contributed by atoms with Gasteiger partial charge in [-0.3, -0.25) is 14.5 Å². The predicted molar refractivity (Wildman–Crippen MR) is 115 cm³/mol. The standard InChI is InChI=1S/C19H13BrN2O3S2/c1-21-14-8-3-10(20)9-13(14)15(17(21)23)16-18(24)22(19(26)27-16)11-4-6-12(25-2)7-5-11/h3-9H,1-2H3/b16-15-. The first-order chi connectivity index (χ1) is 12.9. The van der Waals surface area contributed by atoms with E-state index in [1.54, 1.807) is 43.3 Å². The van der Waals surface area contributed by atoms with Gasteiger partial charge in [0.05, 0.1) is 29.0 Å². The Labute approximate surface area is 174 Å². The van der Waals surface area contributed by atoms with Gasteiger partial charge in [-0.25, -0.2) is 0 Å². The van der Waals surface area contributed by atoms with Crippen molar-refractivity contribution in [2.75, 3.05) is 24.0 Å². The summed E-state index contributed by atoms with van der Waals surface area (Å²) >= 11 is 10.0. The van der Waals surface area contributed by atoms with Crippen molar-refractivity contribution in [2.45, 2.75) is 0 Å². The van der Waals surface area contributed by atoms with Crippen molar-refractivity contribution in [3.05, 3.63) is 57.4 Å². The molecule has 0 saturated carbocycles. The van der Waals surface area contributed by atoms with Crippen LogP contribution in [0.3, 0.4) is 0 Å². The summed E-state index contributed by atoms with van der Waals surface area (Å²) in [6, 6.07) is 12.6. The quantitative estimate of drug-likeness (QED) is 0.496. The number of thiocarbonyl (C=S) groups is 1. The molecule has 0 N–H and O–H groups in total. The van der Waals surface area contributed by atoms with E-state index in [9.17, 15) is 9.59 Å². The third-order valence-electron chi connectivity index (χ3n) is 4.43. The number of halogens is 1. The number of carbonyl (C=O) groups excluding carboxylic acids is 2. The van der Waals surface area contributed by atoms with E-state index >= 15 is 0 Å². The Kier molecular flexibility index (Phi) is 4.57. The summed E-state index contributed by atoms with van der Waals surface area (Å²) in [5, 5.41) is 0. The molecular formula is C19H13BrN2O3S2. The Balaban J connectivity index is 1.81. The molecule has 2 aliphatic rings. The summed E-state index contributed by atoms with van der Waals surface area (Å²) in [5.74, 6) is 0.187. The van der Waals surface area contributed by atoms with Crippen LogP contribution >= 0.6 is 39.9 Å².